The van der Waals surface area contributed by atoms with Crippen molar-refractivity contribution in [2.24, 2.45) is 5.73 Å². The molecule has 0 saturated carbocycles. The molecule has 0 spiro atoms. The molecular formula is C11H13N3. The van der Waals surface area contributed by atoms with Gasteiger partial charge in [0.15, 0.2) is 0 Å². The summed E-state index contributed by atoms with van der Waals surface area (Å²) < 4.78 is 1.87. The molecule has 0 amide bonds. The number of benzene rings is 1. The Hall–Kier alpha value is -1.61. The number of nitrogens with two attached hydrogens (primary N) is 1. The number of rotatable bonds is 3. The van der Waals surface area contributed by atoms with Crippen molar-refractivity contribution in [3.8, 4) is 5.69 Å². The molecule has 0 atom stereocenters. The van der Waals surface area contributed by atoms with Crippen molar-refractivity contribution < 1.29 is 0 Å². The average Bonchev–Trinajstić information content (AvgIpc) is 2.68. The van der Waals surface area contributed by atoms with Crippen LogP contribution in [0.2, 0.25) is 0 Å². The van der Waals surface area contributed by atoms with Crippen LogP contribution in [0, 0.1) is 0 Å². The van der Waals surface area contributed by atoms with E-state index in [-0.39, 0.29) is 0 Å². The van der Waals surface area contributed by atoms with Crippen LogP contribution < -0.4 is 5.73 Å². The van der Waals surface area contributed by atoms with Crippen LogP contribution in [0.4, 0.5) is 0 Å². The lowest BCUT2D eigenvalue weighted by molar-refractivity contribution is 0.822. The topological polar surface area (TPSA) is 43.8 Å². The Balaban J connectivity index is 2.25. The van der Waals surface area contributed by atoms with Crippen molar-refractivity contribution >= 4 is 0 Å². The van der Waals surface area contributed by atoms with E-state index in [1.54, 1.807) is 0 Å². The van der Waals surface area contributed by atoms with E-state index in [0.29, 0.717) is 6.54 Å². The summed E-state index contributed by atoms with van der Waals surface area (Å²) in [6.07, 6.45) is 2.79. The van der Waals surface area contributed by atoms with Gasteiger partial charge in [0.2, 0.25) is 0 Å². The van der Waals surface area contributed by atoms with Crippen molar-refractivity contribution in [2.45, 2.75) is 6.42 Å². The maximum atomic E-state index is 5.46. The molecule has 0 unspecified atom stereocenters. The third-order valence-corrected chi connectivity index (χ3v) is 2.07. The van der Waals surface area contributed by atoms with Gasteiger partial charge in [-0.05, 0) is 24.7 Å². The molecule has 2 N–H and O–H groups in total. The van der Waals surface area contributed by atoms with Gasteiger partial charge < -0.3 is 5.73 Å². The fourth-order valence-corrected chi connectivity index (χ4v) is 1.37. The lowest BCUT2D eigenvalue weighted by atomic mass is 10.3. The van der Waals surface area contributed by atoms with Gasteiger partial charge >= 0.3 is 0 Å². The second-order valence-corrected chi connectivity index (χ2v) is 3.13. The zero-order valence-electron chi connectivity index (χ0n) is 7.93. The molecule has 0 radical (unpaired) electrons. The summed E-state index contributed by atoms with van der Waals surface area (Å²) >= 11 is 0. The molecule has 3 heteroatoms. The first-order chi connectivity index (χ1) is 6.90. The van der Waals surface area contributed by atoms with Crippen LogP contribution in [0.1, 0.15) is 5.69 Å². The molecule has 3 nitrogen and oxygen atoms in total. The van der Waals surface area contributed by atoms with Gasteiger partial charge in [-0.15, -0.1) is 0 Å². The lowest BCUT2D eigenvalue weighted by Gasteiger charge is -1.99. The lowest BCUT2D eigenvalue weighted by Crippen LogP contribution is -2.04. The number of hydrogen-bond acceptors (Lipinski definition) is 2. The van der Waals surface area contributed by atoms with Crippen molar-refractivity contribution in [1.29, 1.82) is 0 Å². The standard InChI is InChI=1S/C11H13N3/c12-8-6-10-7-9-14(13-10)11-4-2-1-3-5-11/h1-5,7,9H,6,8,12H2. The Bertz CT molecular complexity index is 392. The molecular weight excluding hydrogens is 174 g/mol. The Labute approximate surface area is 83.2 Å². The molecule has 0 aliphatic heterocycles. The summed E-state index contributed by atoms with van der Waals surface area (Å²) in [6, 6.07) is 12.0. The summed E-state index contributed by atoms with van der Waals surface area (Å²) in [5, 5.41) is 4.41. The first kappa shape index (κ1) is 8.97. The molecule has 2 aromatic rings. The van der Waals surface area contributed by atoms with Crippen LogP contribution in [0.3, 0.4) is 0 Å². The van der Waals surface area contributed by atoms with Gasteiger partial charge in [-0.2, -0.15) is 5.10 Å². The highest BCUT2D eigenvalue weighted by molar-refractivity contribution is 5.30. The second-order valence-electron chi connectivity index (χ2n) is 3.13. The summed E-state index contributed by atoms with van der Waals surface area (Å²) in [5.41, 5.74) is 7.58. The molecule has 0 bridgehead atoms. The average molecular weight is 187 g/mol. The molecule has 0 saturated heterocycles. The normalized spacial score (nSPS) is 10.4. The molecule has 1 heterocycles. The zero-order chi connectivity index (χ0) is 9.80. The van der Waals surface area contributed by atoms with E-state index in [2.05, 4.69) is 5.10 Å². The van der Waals surface area contributed by atoms with Gasteiger partial charge in [0, 0.05) is 12.6 Å². The van der Waals surface area contributed by atoms with E-state index >= 15 is 0 Å². The predicted octanol–water partition coefficient (Wildman–Crippen LogP) is 1.37. The molecule has 0 aliphatic carbocycles. The van der Waals surface area contributed by atoms with Gasteiger partial charge in [0.1, 0.15) is 0 Å². The third kappa shape index (κ3) is 1.83. The SMILES string of the molecule is NCCc1ccn(-c2ccccc2)n1. The van der Waals surface area contributed by atoms with E-state index in [0.717, 1.165) is 17.8 Å². The minimum atomic E-state index is 0.645. The van der Waals surface area contributed by atoms with E-state index in [4.69, 9.17) is 5.73 Å². The highest BCUT2D eigenvalue weighted by atomic mass is 15.3. The fraction of sp³-hybridized carbons (Fsp3) is 0.182. The van der Waals surface area contributed by atoms with Crippen LogP contribution in [0.15, 0.2) is 42.6 Å². The van der Waals surface area contributed by atoms with E-state index in [9.17, 15) is 0 Å². The van der Waals surface area contributed by atoms with Crippen molar-refractivity contribution in [1.82, 2.24) is 9.78 Å². The highest BCUT2D eigenvalue weighted by Gasteiger charge is 1.98. The minimum absolute atomic E-state index is 0.645. The van der Waals surface area contributed by atoms with Crippen LogP contribution in [-0.2, 0) is 6.42 Å². The summed E-state index contributed by atoms with van der Waals surface area (Å²) in [7, 11) is 0. The molecule has 1 aromatic carbocycles. The Morgan fingerprint density at radius 3 is 2.64 bits per heavy atom. The first-order valence-corrected chi connectivity index (χ1v) is 4.70. The fourth-order valence-electron chi connectivity index (χ4n) is 1.37. The smallest absolute Gasteiger partial charge is 0.0645 e. The number of nitrogens with zero attached hydrogens (tertiary/aromatic N) is 2. The molecule has 72 valence electrons. The largest absolute Gasteiger partial charge is 0.330 e. The van der Waals surface area contributed by atoms with Crippen LogP contribution in [0.25, 0.3) is 5.69 Å². The van der Waals surface area contributed by atoms with E-state index in [1.165, 1.54) is 0 Å². The second kappa shape index (κ2) is 4.07. The quantitative estimate of drug-likeness (QED) is 0.788. The Morgan fingerprint density at radius 2 is 1.93 bits per heavy atom. The van der Waals surface area contributed by atoms with Gasteiger partial charge in [-0.1, -0.05) is 18.2 Å². The van der Waals surface area contributed by atoms with Gasteiger partial charge in [-0.25, -0.2) is 4.68 Å². The predicted molar refractivity (Wildman–Crippen MR) is 56.3 cm³/mol. The summed E-state index contributed by atoms with van der Waals surface area (Å²) in [4.78, 5) is 0. The molecule has 0 aliphatic rings. The monoisotopic (exact) mass is 187 g/mol. The highest BCUT2D eigenvalue weighted by Crippen LogP contribution is 2.06. The number of hydrogen-bond donors (Lipinski definition) is 1. The van der Waals surface area contributed by atoms with E-state index < -0.39 is 0 Å². The van der Waals surface area contributed by atoms with Crippen LogP contribution in [0.5, 0.6) is 0 Å². The van der Waals surface area contributed by atoms with Gasteiger partial charge in [-0.3, -0.25) is 0 Å². The van der Waals surface area contributed by atoms with Crippen molar-refractivity contribution in [2.75, 3.05) is 6.54 Å². The maximum absolute atomic E-state index is 5.46. The minimum Gasteiger partial charge on any atom is -0.330 e. The molecule has 14 heavy (non-hydrogen) atoms. The van der Waals surface area contributed by atoms with Gasteiger partial charge in [0.25, 0.3) is 0 Å². The van der Waals surface area contributed by atoms with Crippen LogP contribution in [-0.4, -0.2) is 16.3 Å². The van der Waals surface area contributed by atoms with Crippen LogP contribution >= 0.6 is 0 Å². The maximum Gasteiger partial charge on any atom is 0.0645 e. The molecule has 0 fully saturated rings. The number of aromatic nitrogens is 2. The zero-order valence-corrected chi connectivity index (χ0v) is 7.93. The number of para-hydroxylation sites is 1. The third-order valence-electron chi connectivity index (χ3n) is 2.07. The Morgan fingerprint density at radius 1 is 1.14 bits per heavy atom. The summed E-state index contributed by atoms with van der Waals surface area (Å²) in [5.74, 6) is 0. The first-order valence-electron chi connectivity index (χ1n) is 4.70. The van der Waals surface area contributed by atoms with Crippen molar-refractivity contribution in [3.05, 3.63) is 48.3 Å². The summed E-state index contributed by atoms with van der Waals surface area (Å²) in [6.45, 7) is 0.645. The van der Waals surface area contributed by atoms with E-state index in [1.807, 2.05) is 47.3 Å². The van der Waals surface area contributed by atoms with Crippen molar-refractivity contribution in [3.63, 3.8) is 0 Å². The van der Waals surface area contributed by atoms with Gasteiger partial charge in [0.05, 0.1) is 11.4 Å². The molecule has 1 aromatic heterocycles. The Kier molecular flexibility index (Phi) is 2.60. The molecule has 2 rings (SSSR count).